The summed E-state index contributed by atoms with van der Waals surface area (Å²) in [5.74, 6) is 0. The zero-order valence-electron chi connectivity index (χ0n) is 12.1. The van der Waals surface area contributed by atoms with Crippen LogP contribution >= 0.6 is 23.4 Å². The Labute approximate surface area is 135 Å². The first-order chi connectivity index (χ1) is 9.87. The third kappa shape index (κ3) is 3.93. The van der Waals surface area contributed by atoms with E-state index in [2.05, 4.69) is 11.0 Å². The summed E-state index contributed by atoms with van der Waals surface area (Å²) in [4.78, 5) is 0.159. The van der Waals surface area contributed by atoms with Gasteiger partial charge >= 0.3 is 0 Å². The van der Waals surface area contributed by atoms with Gasteiger partial charge in [-0.15, -0.1) is 0 Å². The molecule has 0 aromatic heterocycles. The van der Waals surface area contributed by atoms with Crippen LogP contribution in [0.25, 0.3) is 0 Å². The predicted molar refractivity (Wildman–Crippen MR) is 87.4 cm³/mol. The Hall–Kier alpha value is -0.270. The maximum absolute atomic E-state index is 12.6. The van der Waals surface area contributed by atoms with Gasteiger partial charge in [0.1, 0.15) is 0 Å². The summed E-state index contributed by atoms with van der Waals surface area (Å²) in [6, 6.07) is 3.01. The maximum Gasteiger partial charge on any atom is 0.241 e. The van der Waals surface area contributed by atoms with Crippen LogP contribution in [0.15, 0.2) is 17.0 Å². The fraction of sp³-hybridized carbons (Fsp3) is 0.571. The van der Waals surface area contributed by atoms with Crippen molar-refractivity contribution in [1.29, 1.82) is 0 Å². The molecule has 0 heterocycles. The summed E-state index contributed by atoms with van der Waals surface area (Å²) >= 11 is 7.74. The molecule has 2 N–H and O–H groups in total. The van der Waals surface area contributed by atoms with Crippen molar-refractivity contribution in [2.45, 2.75) is 49.0 Å². The smallest absolute Gasteiger partial charge is 0.241 e. The summed E-state index contributed by atoms with van der Waals surface area (Å²) in [7, 11) is -3.62. The number of hydrogen-bond acceptors (Lipinski definition) is 4. The Kier molecular flexibility index (Phi) is 5.59. The molecule has 0 saturated heterocycles. The molecule has 2 rings (SSSR count). The summed E-state index contributed by atoms with van der Waals surface area (Å²) in [5.41, 5.74) is 1.09. The van der Waals surface area contributed by atoms with E-state index in [0.717, 1.165) is 19.3 Å². The number of benzene rings is 1. The molecular formula is C14H20ClNO3S2. The van der Waals surface area contributed by atoms with Crippen LogP contribution in [0.2, 0.25) is 5.02 Å². The Morgan fingerprint density at radius 2 is 2.14 bits per heavy atom. The normalized spacial score (nSPS) is 22.7. The number of halogens is 1. The largest absolute Gasteiger partial charge is 0.392 e. The van der Waals surface area contributed by atoms with Gasteiger partial charge in [0, 0.05) is 16.3 Å². The van der Waals surface area contributed by atoms with Gasteiger partial charge in [0.25, 0.3) is 0 Å². The first kappa shape index (κ1) is 17.1. The van der Waals surface area contributed by atoms with Gasteiger partial charge in [0.2, 0.25) is 10.0 Å². The van der Waals surface area contributed by atoms with Crippen LogP contribution in [-0.4, -0.2) is 31.1 Å². The van der Waals surface area contributed by atoms with Gasteiger partial charge in [-0.3, -0.25) is 0 Å². The lowest BCUT2D eigenvalue weighted by Gasteiger charge is -2.16. The van der Waals surface area contributed by atoms with E-state index in [1.165, 1.54) is 6.07 Å². The van der Waals surface area contributed by atoms with Gasteiger partial charge in [0.15, 0.2) is 0 Å². The zero-order valence-corrected chi connectivity index (χ0v) is 14.5. The van der Waals surface area contributed by atoms with Gasteiger partial charge < -0.3 is 5.11 Å². The molecular weight excluding hydrogens is 330 g/mol. The van der Waals surface area contributed by atoms with E-state index < -0.39 is 10.0 Å². The van der Waals surface area contributed by atoms with Crippen molar-refractivity contribution in [3.63, 3.8) is 0 Å². The number of thioether (sulfide) groups is 1. The van der Waals surface area contributed by atoms with E-state index in [-0.39, 0.29) is 17.5 Å². The lowest BCUT2D eigenvalue weighted by Crippen LogP contribution is -2.33. The SMILES string of the molecule is CSC1CCC(NS(=O)(=O)c2cc(Cl)cc(CO)c2C)C1. The molecule has 1 aromatic rings. The maximum atomic E-state index is 12.6. The third-order valence-corrected chi connectivity index (χ3v) is 6.89. The fourth-order valence-corrected chi connectivity index (χ4v) is 5.39. The molecule has 0 radical (unpaired) electrons. The third-order valence-electron chi connectivity index (χ3n) is 3.93. The molecule has 1 aromatic carbocycles. The molecule has 0 bridgehead atoms. The van der Waals surface area contributed by atoms with E-state index >= 15 is 0 Å². The highest BCUT2D eigenvalue weighted by Crippen LogP contribution is 2.30. The van der Waals surface area contributed by atoms with Gasteiger partial charge in [-0.1, -0.05) is 11.6 Å². The van der Waals surface area contributed by atoms with Gasteiger partial charge in [-0.05, 0) is 55.7 Å². The number of aliphatic hydroxyl groups excluding tert-OH is 1. The van der Waals surface area contributed by atoms with E-state index in [4.69, 9.17) is 11.6 Å². The monoisotopic (exact) mass is 349 g/mol. The number of rotatable bonds is 5. The summed E-state index contributed by atoms with van der Waals surface area (Å²) in [6.07, 6.45) is 4.80. The quantitative estimate of drug-likeness (QED) is 0.857. The Morgan fingerprint density at radius 1 is 1.43 bits per heavy atom. The molecule has 0 aliphatic heterocycles. The van der Waals surface area contributed by atoms with Crippen LogP contribution in [0.3, 0.4) is 0 Å². The van der Waals surface area contributed by atoms with Crippen molar-refractivity contribution >= 4 is 33.4 Å². The van der Waals surface area contributed by atoms with E-state index in [0.29, 0.717) is 21.4 Å². The number of hydrogen-bond donors (Lipinski definition) is 2. The molecule has 1 aliphatic carbocycles. The molecule has 118 valence electrons. The molecule has 4 nitrogen and oxygen atoms in total. The highest BCUT2D eigenvalue weighted by molar-refractivity contribution is 7.99. The summed E-state index contributed by atoms with van der Waals surface area (Å²) < 4.78 is 27.9. The van der Waals surface area contributed by atoms with Crippen molar-refractivity contribution in [3.05, 3.63) is 28.3 Å². The number of nitrogens with one attached hydrogen (secondary N) is 1. The van der Waals surface area contributed by atoms with Gasteiger partial charge in [0.05, 0.1) is 11.5 Å². The number of sulfonamides is 1. The molecule has 1 fully saturated rings. The van der Waals surface area contributed by atoms with Crippen LogP contribution in [-0.2, 0) is 16.6 Å². The van der Waals surface area contributed by atoms with E-state index in [9.17, 15) is 13.5 Å². The van der Waals surface area contributed by atoms with E-state index in [1.54, 1.807) is 24.8 Å². The fourth-order valence-electron chi connectivity index (χ4n) is 2.70. The van der Waals surface area contributed by atoms with Crippen molar-refractivity contribution in [2.24, 2.45) is 0 Å². The second kappa shape index (κ2) is 6.87. The lowest BCUT2D eigenvalue weighted by molar-refractivity contribution is 0.280. The molecule has 0 amide bonds. The van der Waals surface area contributed by atoms with Crippen LogP contribution in [0.5, 0.6) is 0 Å². The van der Waals surface area contributed by atoms with Gasteiger partial charge in [-0.2, -0.15) is 11.8 Å². The average molecular weight is 350 g/mol. The van der Waals surface area contributed by atoms with Crippen LogP contribution in [0.1, 0.15) is 30.4 Å². The second-order valence-electron chi connectivity index (χ2n) is 5.34. The predicted octanol–water partition coefficient (Wildman–Crippen LogP) is 2.70. The Morgan fingerprint density at radius 3 is 2.71 bits per heavy atom. The minimum atomic E-state index is -3.62. The Balaban J connectivity index is 2.26. The Bertz CT molecular complexity index is 619. The van der Waals surface area contributed by atoms with Crippen molar-refractivity contribution in [1.82, 2.24) is 4.72 Å². The molecule has 1 aliphatic rings. The van der Waals surface area contributed by atoms with Crippen molar-refractivity contribution in [2.75, 3.05) is 6.26 Å². The standard InChI is InChI=1S/C14H20ClNO3S2/c1-9-10(8-17)5-11(15)6-14(9)21(18,19)16-12-3-4-13(7-12)20-2/h5-6,12-13,16-17H,3-4,7-8H2,1-2H3. The van der Waals surface area contributed by atoms with Crippen molar-refractivity contribution < 1.29 is 13.5 Å². The summed E-state index contributed by atoms with van der Waals surface area (Å²) in [6.45, 7) is 1.46. The molecule has 7 heteroatoms. The molecule has 2 unspecified atom stereocenters. The average Bonchev–Trinajstić information content (AvgIpc) is 2.87. The second-order valence-corrected chi connectivity index (χ2v) is 8.59. The minimum Gasteiger partial charge on any atom is -0.392 e. The number of aliphatic hydroxyl groups is 1. The topological polar surface area (TPSA) is 66.4 Å². The molecule has 0 spiro atoms. The molecule has 2 atom stereocenters. The minimum absolute atomic E-state index is 0.0246. The molecule has 1 saturated carbocycles. The van der Waals surface area contributed by atoms with Gasteiger partial charge in [-0.25, -0.2) is 13.1 Å². The summed E-state index contributed by atoms with van der Waals surface area (Å²) in [5, 5.41) is 10.1. The first-order valence-corrected chi connectivity index (χ1v) is 9.97. The van der Waals surface area contributed by atoms with Crippen LogP contribution in [0.4, 0.5) is 0 Å². The first-order valence-electron chi connectivity index (χ1n) is 6.82. The zero-order chi connectivity index (χ0) is 15.6. The highest BCUT2D eigenvalue weighted by Gasteiger charge is 2.29. The highest BCUT2D eigenvalue weighted by atomic mass is 35.5. The van der Waals surface area contributed by atoms with Crippen LogP contribution in [0, 0.1) is 6.92 Å². The van der Waals surface area contributed by atoms with Crippen LogP contribution < -0.4 is 4.72 Å². The lowest BCUT2D eigenvalue weighted by atomic mass is 10.1. The van der Waals surface area contributed by atoms with Crippen molar-refractivity contribution in [3.8, 4) is 0 Å². The van der Waals surface area contributed by atoms with E-state index in [1.807, 2.05) is 0 Å². The molecule has 21 heavy (non-hydrogen) atoms.